The van der Waals surface area contributed by atoms with Gasteiger partial charge >= 0.3 is 5.97 Å². The summed E-state index contributed by atoms with van der Waals surface area (Å²) in [6, 6.07) is 0. The van der Waals surface area contributed by atoms with E-state index in [2.05, 4.69) is 19.7 Å². The van der Waals surface area contributed by atoms with Crippen LogP contribution in [0.2, 0.25) is 0 Å². The number of carbonyl (C=O) groups is 2. The summed E-state index contributed by atoms with van der Waals surface area (Å²) in [5, 5.41) is 8.94. The lowest BCUT2D eigenvalue weighted by Gasteiger charge is -2.21. The number of rotatable bonds is 9. The molecule has 4 nitrogen and oxygen atoms in total. The van der Waals surface area contributed by atoms with E-state index in [0.717, 1.165) is 0 Å². The van der Waals surface area contributed by atoms with Crippen molar-refractivity contribution in [3.05, 3.63) is 38.0 Å². The van der Waals surface area contributed by atoms with E-state index < -0.39 is 11.9 Å². The maximum Gasteiger partial charge on any atom is 0.307 e. The van der Waals surface area contributed by atoms with E-state index in [4.69, 9.17) is 5.11 Å². The molecule has 0 aliphatic heterocycles. The first-order chi connectivity index (χ1) is 8.06. The Kier molecular flexibility index (Phi) is 7.43. The molecular weight excluding hydrogens is 218 g/mol. The summed E-state index contributed by atoms with van der Waals surface area (Å²) in [4.78, 5) is 24.3. The maximum atomic E-state index is 11.8. The van der Waals surface area contributed by atoms with E-state index in [1.807, 2.05) is 0 Å². The Balaban J connectivity index is 4.53. The molecule has 0 heterocycles. The number of aliphatic carboxylic acids is 1. The molecule has 0 bridgehead atoms. The van der Waals surface area contributed by atoms with Crippen LogP contribution in [0.15, 0.2) is 38.0 Å². The zero-order chi connectivity index (χ0) is 13.3. The lowest BCUT2D eigenvalue weighted by Crippen LogP contribution is -2.34. The minimum atomic E-state index is -0.976. The van der Waals surface area contributed by atoms with Crippen molar-refractivity contribution in [3.8, 4) is 0 Å². The summed E-state index contributed by atoms with van der Waals surface area (Å²) >= 11 is 0. The number of nitrogens with zero attached hydrogens (tertiary/aromatic N) is 1. The normalized spacial score (nSPS) is 11.3. The fourth-order valence-corrected chi connectivity index (χ4v) is 1.40. The van der Waals surface area contributed by atoms with Crippen LogP contribution in [0.3, 0.4) is 0 Å². The molecule has 0 saturated heterocycles. The van der Waals surface area contributed by atoms with Crippen molar-refractivity contribution < 1.29 is 14.7 Å². The zero-order valence-corrected chi connectivity index (χ0v) is 9.97. The van der Waals surface area contributed by atoms with Crippen LogP contribution in [0.1, 0.15) is 12.8 Å². The number of carboxylic acids is 1. The fourth-order valence-electron chi connectivity index (χ4n) is 1.40. The quantitative estimate of drug-likeness (QED) is 0.623. The van der Waals surface area contributed by atoms with Gasteiger partial charge < -0.3 is 10.0 Å². The van der Waals surface area contributed by atoms with Crippen LogP contribution >= 0.6 is 0 Å². The highest BCUT2D eigenvalue weighted by atomic mass is 16.4. The minimum absolute atomic E-state index is 0.0248. The van der Waals surface area contributed by atoms with E-state index in [0.29, 0.717) is 13.1 Å². The van der Waals surface area contributed by atoms with Gasteiger partial charge in [-0.15, -0.1) is 19.7 Å². The molecule has 0 radical (unpaired) electrons. The second kappa shape index (κ2) is 8.33. The predicted molar refractivity (Wildman–Crippen MR) is 67.5 cm³/mol. The monoisotopic (exact) mass is 237 g/mol. The van der Waals surface area contributed by atoms with Gasteiger partial charge in [-0.3, -0.25) is 9.59 Å². The van der Waals surface area contributed by atoms with Gasteiger partial charge in [-0.2, -0.15) is 0 Å². The van der Waals surface area contributed by atoms with Crippen molar-refractivity contribution in [1.82, 2.24) is 4.90 Å². The van der Waals surface area contributed by atoms with Gasteiger partial charge in [0.2, 0.25) is 5.91 Å². The molecule has 1 amide bonds. The van der Waals surface area contributed by atoms with Crippen molar-refractivity contribution in [2.24, 2.45) is 5.92 Å². The van der Waals surface area contributed by atoms with Gasteiger partial charge in [-0.05, 0) is 6.42 Å². The lowest BCUT2D eigenvalue weighted by molar-refractivity contribution is -0.145. The highest BCUT2D eigenvalue weighted by molar-refractivity contribution is 5.82. The van der Waals surface area contributed by atoms with Gasteiger partial charge in [0.15, 0.2) is 0 Å². The molecule has 0 saturated carbocycles. The molecule has 1 atom stereocenters. The van der Waals surface area contributed by atoms with E-state index in [1.165, 1.54) is 11.0 Å². The number of carboxylic acid groups (broad SMARTS) is 1. The Hall–Kier alpha value is -1.84. The maximum absolute atomic E-state index is 11.8. The van der Waals surface area contributed by atoms with Crippen molar-refractivity contribution in [2.45, 2.75) is 12.8 Å². The molecule has 0 aromatic heterocycles. The first-order valence-electron chi connectivity index (χ1n) is 5.40. The van der Waals surface area contributed by atoms with Crippen molar-refractivity contribution in [1.29, 1.82) is 0 Å². The fraction of sp³-hybridized carbons (Fsp3) is 0.385. The average Bonchev–Trinajstić information content (AvgIpc) is 2.28. The molecule has 0 aliphatic rings. The molecule has 4 heteroatoms. The third-order valence-corrected chi connectivity index (χ3v) is 2.27. The summed E-state index contributed by atoms with van der Waals surface area (Å²) in [7, 11) is 0. The Labute approximate surface area is 102 Å². The first-order valence-corrected chi connectivity index (χ1v) is 5.40. The molecule has 94 valence electrons. The number of hydrogen-bond donors (Lipinski definition) is 1. The van der Waals surface area contributed by atoms with Gasteiger partial charge in [0.25, 0.3) is 0 Å². The number of amides is 1. The Morgan fingerprint density at radius 1 is 1.12 bits per heavy atom. The molecule has 0 rings (SSSR count). The van der Waals surface area contributed by atoms with E-state index in [9.17, 15) is 9.59 Å². The van der Waals surface area contributed by atoms with Crippen LogP contribution in [-0.4, -0.2) is 35.0 Å². The first kappa shape index (κ1) is 15.2. The second-order valence-corrected chi connectivity index (χ2v) is 3.64. The molecule has 17 heavy (non-hydrogen) atoms. The van der Waals surface area contributed by atoms with Gasteiger partial charge in [-0.25, -0.2) is 0 Å². The smallest absolute Gasteiger partial charge is 0.307 e. The third kappa shape index (κ3) is 5.70. The summed E-state index contributed by atoms with van der Waals surface area (Å²) in [6.45, 7) is 11.4. The molecule has 0 aromatic carbocycles. The number of allylic oxidation sites excluding steroid dienone is 1. The number of carbonyl (C=O) groups excluding carboxylic acids is 1. The molecule has 1 N–H and O–H groups in total. The van der Waals surface area contributed by atoms with Gasteiger partial charge in [0, 0.05) is 19.5 Å². The lowest BCUT2D eigenvalue weighted by atomic mass is 10.0. The molecule has 0 aromatic rings. The Morgan fingerprint density at radius 2 is 1.65 bits per heavy atom. The standard InChI is InChI=1S/C13H19NO3/c1-4-7-11(13(16)17)10-12(15)14(8-5-2)9-6-3/h4-6,11H,1-3,7-10H2,(H,16,17). The third-order valence-electron chi connectivity index (χ3n) is 2.27. The van der Waals surface area contributed by atoms with E-state index in [-0.39, 0.29) is 18.7 Å². The van der Waals surface area contributed by atoms with Gasteiger partial charge in [-0.1, -0.05) is 18.2 Å². The van der Waals surface area contributed by atoms with E-state index >= 15 is 0 Å². The van der Waals surface area contributed by atoms with Crippen molar-refractivity contribution in [2.75, 3.05) is 13.1 Å². The van der Waals surface area contributed by atoms with Crippen molar-refractivity contribution >= 4 is 11.9 Å². The summed E-state index contributed by atoms with van der Waals surface area (Å²) in [6.07, 6.45) is 4.98. The molecule has 1 unspecified atom stereocenters. The van der Waals surface area contributed by atoms with Gasteiger partial charge in [0.05, 0.1) is 5.92 Å². The number of hydrogen-bond acceptors (Lipinski definition) is 2. The van der Waals surface area contributed by atoms with Crippen molar-refractivity contribution in [3.63, 3.8) is 0 Å². The van der Waals surface area contributed by atoms with Crippen LogP contribution in [0.5, 0.6) is 0 Å². The zero-order valence-electron chi connectivity index (χ0n) is 9.97. The molecule has 0 fully saturated rings. The highest BCUT2D eigenvalue weighted by Crippen LogP contribution is 2.12. The Bertz CT molecular complexity index is 300. The largest absolute Gasteiger partial charge is 0.481 e. The van der Waals surface area contributed by atoms with E-state index in [1.54, 1.807) is 12.2 Å². The Morgan fingerprint density at radius 3 is 2.00 bits per heavy atom. The molecule has 0 aliphatic carbocycles. The SMILES string of the molecule is C=CCC(CC(=O)N(CC=C)CC=C)C(=O)O. The minimum Gasteiger partial charge on any atom is -0.481 e. The summed E-state index contributed by atoms with van der Waals surface area (Å²) < 4.78 is 0. The molecule has 0 spiro atoms. The predicted octanol–water partition coefficient (Wildman–Crippen LogP) is 1.85. The topological polar surface area (TPSA) is 57.6 Å². The van der Waals surface area contributed by atoms with Crippen LogP contribution in [0.25, 0.3) is 0 Å². The summed E-state index contributed by atoms with van der Waals surface area (Å²) in [5.41, 5.74) is 0. The van der Waals surface area contributed by atoms with Gasteiger partial charge in [0.1, 0.15) is 0 Å². The second-order valence-electron chi connectivity index (χ2n) is 3.64. The summed E-state index contributed by atoms with van der Waals surface area (Å²) in [5.74, 6) is -1.90. The van der Waals surface area contributed by atoms with Crippen LogP contribution in [0.4, 0.5) is 0 Å². The average molecular weight is 237 g/mol. The van der Waals surface area contributed by atoms with Crippen LogP contribution in [0, 0.1) is 5.92 Å². The molecular formula is C13H19NO3. The van der Waals surface area contributed by atoms with Crippen LogP contribution in [-0.2, 0) is 9.59 Å². The van der Waals surface area contributed by atoms with Crippen LogP contribution < -0.4 is 0 Å². The highest BCUT2D eigenvalue weighted by Gasteiger charge is 2.22.